The van der Waals surface area contributed by atoms with Gasteiger partial charge in [-0.1, -0.05) is 19.9 Å². The Kier molecular flexibility index (Phi) is 6.02. The zero-order valence-electron chi connectivity index (χ0n) is 22.4. The first-order valence-electron chi connectivity index (χ1n) is 13.4. The fourth-order valence-corrected chi connectivity index (χ4v) is 6.64. The van der Waals surface area contributed by atoms with Crippen LogP contribution >= 0.6 is 0 Å². The van der Waals surface area contributed by atoms with Crippen molar-refractivity contribution in [2.24, 2.45) is 17.1 Å². The van der Waals surface area contributed by atoms with Crippen molar-refractivity contribution in [2.75, 3.05) is 29.0 Å². The maximum absolute atomic E-state index is 14.4. The van der Waals surface area contributed by atoms with Crippen molar-refractivity contribution in [3.8, 4) is 5.69 Å². The number of nitrogen functional groups attached to an aromatic ring is 1. The number of nitrogens with two attached hydrogens (primary N) is 2. The largest absolute Gasteiger partial charge is 0.398 e. The van der Waals surface area contributed by atoms with Crippen LogP contribution < -0.4 is 32.2 Å². The van der Waals surface area contributed by atoms with E-state index in [9.17, 15) is 18.4 Å². The van der Waals surface area contributed by atoms with Crippen molar-refractivity contribution in [2.45, 2.75) is 44.7 Å². The van der Waals surface area contributed by atoms with Crippen molar-refractivity contribution in [3.63, 3.8) is 0 Å². The highest BCUT2D eigenvalue weighted by molar-refractivity contribution is 6.07. The van der Waals surface area contributed by atoms with E-state index in [0.29, 0.717) is 34.6 Å². The third-order valence-corrected chi connectivity index (χ3v) is 8.49. The van der Waals surface area contributed by atoms with Crippen LogP contribution in [0.3, 0.4) is 0 Å². The molecule has 7 rings (SSSR count). The summed E-state index contributed by atoms with van der Waals surface area (Å²) in [4.78, 5) is 31.5. The SMILES string of the molecule is C[C@@H]1CN(c2c(NC(=O)c3ccc(=O)n(-c4c(F)cccc4F)n3)ccc(N)c2C=[NH+]C23CC(C)(C2)C3)C[C@@H]1N. The Morgan fingerprint density at radius 1 is 1.10 bits per heavy atom. The number of para-hydroxylation sites is 1. The monoisotopic (exact) mass is 548 g/mol. The number of amides is 1. The average Bonchev–Trinajstić information content (AvgIpc) is 3.20. The van der Waals surface area contributed by atoms with Gasteiger partial charge in [-0.15, -0.1) is 0 Å². The zero-order chi connectivity index (χ0) is 28.4. The molecular weight excluding hydrogens is 516 g/mol. The van der Waals surface area contributed by atoms with Crippen LogP contribution in [0.2, 0.25) is 0 Å². The molecule has 2 aromatic carbocycles. The Morgan fingerprint density at radius 3 is 2.42 bits per heavy atom. The number of halogens is 2. The molecule has 0 radical (unpaired) electrons. The molecule has 40 heavy (non-hydrogen) atoms. The molecule has 6 N–H and O–H groups in total. The van der Waals surface area contributed by atoms with Crippen molar-refractivity contribution >= 4 is 29.2 Å². The second-order valence-electron chi connectivity index (χ2n) is 11.9. The van der Waals surface area contributed by atoms with Gasteiger partial charge in [-0.2, -0.15) is 9.78 Å². The van der Waals surface area contributed by atoms with E-state index in [1.54, 1.807) is 12.1 Å². The Balaban J connectivity index is 1.36. The lowest BCUT2D eigenvalue weighted by molar-refractivity contribution is -0.624. The molecule has 11 heteroatoms. The molecule has 2 heterocycles. The van der Waals surface area contributed by atoms with Crippen molar-refractivity contribution in [1.82, 2.24) is 9.78 Å². The van der Waals surface area contributed by atoms with Gasteiger partial charge in [0.25, 0.3) is 11.5 Å². The molecule has 1 amide bonds. The molecule has 3 saturated carbocycles. The standard InChI is InChI=1S/C29H31F2N7O2/c1-16-11-37(12-21(16)33)25-17(10-34-29-13-28(2,14-29)15-29)20(32)6-7-22(25)35-27(40)23-8-9-24(39)38(36-23)26-18(30)4-3-5-19(26)31/h3-10,16,21H,11-15,32-33H2,1-2H3,(H,35,40)/p+1/t16-,21+,28?,29?/m1/s1. The number of hydrogen-bond acceptors (Lipinski definition) is 6. The summed E-state index contributed by atoms with van der Waals surface area (Å²) < 4.78 is 29.4. The van der Waals surface area contributed by atoms with Gasteiger partial charge in [0, 0.05) is 50.1 Å². The number of nitrogens with zero attached hydrogens (tertiary/aromatic N) is 3. The average molecular weight is 549 g/mol. The Labute approximate surface area is 229 Å². The molecule has 2 bridgehead atoms. The third kappa shape index (κ3) is 4.34. The van der Waals surface area contributed by atoms with Gasteiger partial charge < -0.3 is 21.7 Å². The predicted octanol–water partition coefficient (Wildman–Crippen LogP) is 1.57. The molecule has 1 saturated heterocycles. The van der Waals surface area contributed by atoms with E-state index in [4.69, 9.17) is 11.5 Å². The summed E-state index contributed by atoms with van der Waals surface area (Å²) in [7, 11) is 0. The van der Waals surface area contributed by atoms with Gasteiger partial charge in [-0.05, 0) is 41.7 Å². The highest BCUT2D eigenvalue weighted by Gasteiger charge is 2.69. The summed E-state index contributed by atoms with van der Waals surface area (Å²) in [5.74, 6) is -2.38. The lowest BCUT2D eigenvalue weighted by Gasteiger charge is -2.62. The molecule has 0 spiro atoms. The first kappa shape index (κ1) is 26.1. The van der Waals surface area contributed by atoms with Gasteiger partial charge in [-0.25, -0.2) is 13.8 Å². The summed E-state index contributed by atoms with van der Waals surface area (Å²) in [5.41, 5.74) is 14.2. The summed E-state index contributed by atoms with van der Waals surface area (Å²) in [5, 5.41) is 6.86. The Morgan fingerprint density at radius 2 is 1.80 bits per heavy atom. The number of aromatic nitrogens is 2. The molecule has 4 fully saturated rings. The summed E-state index contributed by atoms with van der Waals surface area (Å²) >= 11 is 0. The van der Waals surface area contributed by atoms with Crippen LogP contribution in [-0.4, -0.2) is 46.6 Å². The van der Waals surface area contributed by atoms with Crippen LogP contribution in [-0.2, 0) is 0 Å². The van der Waals surface area contributed by atoms with E-state index < -0.39 is 28.8 Å². The van der Waals surface area contributed by atoms with Crippen LogP contribution in [0.1, 0.15) is 49.2 Å². The summed E-state index contributed by atoms with van der Waals surface area (Å²) in [6.07, 6.45) is 5.26. The van der Waals surface area contributed by atoms with E-state index in [0.717, 1.165) is 48.7 Å². The maximum Gasteiger partial charge on any atom is 0.276 e. The highest BCUT2D eigenvalue weighted by Crippen LogP contribution is 2.64. The number of nitrogens with one attached hydrogen (secondary N) is 2. The van der Waals surface area contributed by atoms with E-state index in [2.05, 4.69) is 34.2 Å². The minimum atomic E-state index is -0.974. The lowest BCUT2D eigenvalue weighted by Crippen LogP contribution is -2.97. The zero-order valence-corrected chi connectivity index (χ0v) is 22.4. The normalized spacial score (nSPS) is 27.0. The smallest absolute Gasteiger partial charge is 0.276 e. The van der Waals surface area contributed by atoms with Gasteiger partial charge in [-0.3, -0.25) is 9.59 Å². The number of carbonyl (C=O) groups is 1. The van der Waals surface area contributed by atoms with Crippen LogP contribution in [0.4, 0.5) is 25.8 Å². The third-order valence-electron chi connectivity index (χ3n) is 8.49. The molecule has 9 nitrogen and oxygen atoms in total. The summed E-state index contributed by atoms with van der Waals surface area (Å²) in [6.45, 7) is 5.62. The van der Waals surface area contributed by atoms with Crippen molar-refractivity contribution in [3.05, 3.63) is 75.7 Å². The van der Waals surface area contributed by atoms with Gasteiger partial charge in [0.2, 0.25) is 0 Å². The van der Waals surface area contributed by atoms with E-state index in [1.165, 1.54) is 12.1 Å². The second kappa shape index (κ2) is 9.22. The molecule has 1 aliphatic heterocycles. The van der Waals surface area contributed by atoms with Crippen LogP contribution in [0.15, 0.2) is 47.3 Å². The topological polar surface area (TPSA) is 133 Å². The first-order valence-corrected chi connectivity index (χ1v) is 13.4. The molecule has 4 aliphatic rings. The molecule has 208 valence electrons. The van der Waals surface area contributed by atoms with Crippen LogP contribution in [0.5, 0.6) is 0 Å². The highest BCUT2D eigenvalue weighted by atomic mass is 19.1. The first-order chi connectivity index (χ1) is 19.0. The van der Waals surface area contributed by atoms with Crippen molar-refractivity contribution in [1.29, 1.82) is 0 Å². The van der Waals surface area contributed by atoms with E-state index in [1.807, 2.05) is 6.21 Å². The van der Waals surface area contributed by atoms with Crippen molar-refractivity contribution < 1.29 is 18.6 Å². The van der Waals surface area contributed by atoms with E-state index >= 15 is 0 Å². The maximum atomic E-state index is 14.4. The molecule has 3 aliphatic carbocycles. The number of benzene rings is 2. The van der Waals surface area contributed by atoms with Gasteiger partial charge in [0.05, 0.1) is 16.9 Å². The molecule has 3 aromatic rings. The molecular formula is C29H32F2N7O2+. The van der Waals surface area contributed by atoms with Gasteiger partial charge >= 0.3 is 0 Å². The molecule has 2 atom stereocenters. The molecule has 0 unspecified atom stereocenters. The van der Waals surface area contributed by atoms with Crippen LogP contribution in [0, 0.1) is 23.0 Å². The number of hydrogen-bond donors (Lipinski definition) is 4. The number of rotatable bonds is 6. The van der Waals surface area contributed by atoms with E-state index in [-0.39, 0.29) is 23.2 Å². The fourth-order valence-electron chi connectivity index (χ4n) is 6.64. The lowest BCUT2D eigenvalue weighted by atomic mass is 9.40. The summed E-state index contributed by atoms with van der Waals surface area (Å²) in [6, 6.07) is 8.86. The predicted molar refractivity (Wildman–Crippen MR) is 149 cm³/mol. The Bertz CT molecular complexity index is 1570. The quantitative estimate of drug-likeness (QED) is 0.273. The number of carbonyl (C=O) groups excluding carboxylic acids is 1. The molecule has 1 aromatic heterocycles. The van der Waals surface area contributed by atoms with Crippen LogP contribution in [0.25, 0.3) is 5.69 Å². The van der Waals surface area contributed by atoms with Gasteiger partial charge in [0.15, 0.2) is 23.4 Å². The number of anilines is 3. The Hall–Kier alpha value is -4.12. The van der Waals surface area contributed by atoms with Gasteiger partial charge in [0.1, 0.15) is 11.4 Å². The minimum Gasteiger partial charge on any atom is -0.398 e. The minimum absolute atomic E-state index is 0.0516. The second-order valence-corrected chi connectivity index (χ2v) is 11.9. The fraction of sp³-hybridized carbons (Fsp3) is 0.379.